The summed E-state index contributed by atoms with van der Waals surface area (Å²) in [5.41, 5.74) is 8.69. The molecule has 0 spiro atoms. The van der Waals surface area contributed by atoms with Crippen LogP contribution >= 0.6 is 15.9 Å². The first-order valence-electron chi connectivity index (χ1n) is 18.0. The Morgan fingerprint density at radius 1 is 0.696 bits per heavy atom. The molecule has 0 amide bonds. The van der Waals surface area contributed by atoms with Gasteiger partial charge in [-0.25, -0.2) is 0 Å². The molecule has 3 aromatic rings. The van der Waals surface area contributed by atoms with Crippen LogP contribution in [0.25, 0.3) is 0 Å². The van der Waals surface area contributed by atoms with Crippen molar-refractivity contribution in [3.8, 4) is 0 Å². The van der Waals surface area contributed by atoms with Gasteiger partial charge >= 0.3 is 0 Å². The Hall–Kier alpha value is -3.71. The van der Waals surface area contributed by atoms with Crippen molar-refractivity contribution >= 4 is 49.0 Å². The number of nitrogens with one attached hydrogen (secondary N) is 1. The summed E-state index contributed by atoms with van der Waals surface area (Å²) in [6.45, 7) is 19.0. The zero-order valence-corrected chi connectivity index (χ0v) is 31.8. The first-order valence-corrected chi connectivity index (χ1v) is 15.8. The summed E-state index contributed by atoms with van der Waals surface area (Å²) in [4.78, 5) is 0. The number of nitrogens with zero attached hydrogens (tertiary/aromatic N) is 5. The number of para-hydroxylation sites is 3. The number of anilines is 3. The van der Waals surface area contributed by atoms with Gasteiger partial charge in [0.25, 0.3) is 0 Å². The minimum atomic E-state index is 0.470. The summed E-state index contributed by atoms with van der Waals surface area (Å²) in [6.07, 6.45) is 4.00. The molecule has 2 aliphatic heterocycles. The highest BCUT2D eigenvalue weighted by Gasteiger charge is 2.29. The molecular weight excluding hydrogens is 632 g/mol. The summed E-state index contributed by atoms with van der Waals surface area (Å²) >= 11 is 3.22. The Bertz CT molecular complexity index is 1260. The lowest BCUT2D eigenvalue weighted by atomic mass is 10.0. The van der Waals surface area contributed by atoms with Gasteiger partial charge in [0.15, 0.2) is 0 Å². The Labute approximate surface area is 294 Å². The molecule has 3 aromatic carbocycles. The zero-order valence-electron chi connectivity index (χ0n) is 33.2. The molecule has 5 rings (SSSR count). The molecule has 4 unspecified atom stereocenters. The lowest BCUT2D eigenvalue weighted by Gasteiger charge is -2.22. The molecule has 46 heavy (non-hydrogen) atoms. The van der Waals surface area contributed by atoms with Crippen molar-refractivity contribution in [2.45, 2.75) is 96.6 Å². The number of halogens is 1. The summed E-state index contributed by atoms with van der Waals surface area (Å²) in [6, 6.07) is 31.4. The lowest BCUT2D eigenvalue weighted by Crippen LogP contribution is -2.28. The van der Waals surface area contributed by atoms with E-state index in [-0.39, 0.29) is 0 Å². The summed E-state index contributed by atoms with van der Waals surface area (Å²) in [5.74, 6) is 1.10. The van der Waals surface area contributed by atoms with Crippen molar-refractivity contribution in [1.82, 2.24) is 0 Å². The van der Waals surface area contributed by atoms with E-state index in [1.54, 1.807) is 0 Å². The second kappa shape index (κ2) is 23.6. The van der Waals surface area contributed by atoms with Gasteiger partial charge in [-0.1, -0.05) is 103 Å². The highest BCUT2D eigenvalue weighted by molar-refractivity contribution is 9.18. The van der Waals surface area contributed by atoms with Gasteiger partial charge in [0.1, 0.15) is 4.62 Å². The topological polar surface area (TPSA) is 55.6 Å². The molecule has 0 saturated carbocycles. The highest BCUT2D eigenvalue weighted by atomic mass is 79.9. The van der Waals surface area contributed by atoms with Crippen LogP contribution in [0.5, 0.6) is 0 Å². The van der Waals surface area contributed by atoms with Gasteiger partial charge in [0.2, 0.25) is 0 Å². The van der Waals surface area contributed by atoms with Crippen LogP contribution in [0, 0.1) is 11.8 Å². The monoisotopic (exact) mass is 695 g/mol. The van der Waals surface area contributed by atoms with E-state index in [2.05, 4.69) is 137 Å². The Kier molecular flexibility index (Phi) is 19.7. The van der Waals surface area contributed by atoms with E-state index in [0.29, 0.717) is 23.9 Å². The van der Waals surface area contributed by atoms with Crippen LogP contribution in [0.1, 0.15) is 88.6 Å². The quantitative estimate of drug-likeness (QED) is 0.168. The average Bonchev–Trinajstić information content (AvgIpc) is 3.58. The number of benzene rings is 3. The van der Waals surface area contributed by atoms with Gasteiger partial charge in [0.05, 0.1) is 29.1 Å². The molecule has 6 nitrogen and oxygen atoms in total. The van der Waals surface area contributed by atoms with Crippen molar-refractivity contribution in [2.75, 3.05) is 15.4 Å². The maximum atomic E-state index is 5.75. The third-order valence-electron chi connectivity index (χ3n) is 7.56. The lowest BCUT2D eigenvalue weighted by molar-refractivity contribution is 0.603. The van der Waals surface area contributed by atoms with E-state index in [4.69, 9.17) is 4.11 Å². The first-order chi connectivity index (χ1) is 23.6. The normalized spacial score (nSPS) is 20.1. The predicted octanol–water partition coefficient (Wildman–Crippen LogP) is 12.1. The van der Waals surface area contributed by atoms with Crippen LogP contribution in [-0.4, -0.2) is 28.1 Å². The smallest absolute Gasteiger partial charge is 0.100 e. The van der Waals surface area contributed by atoms with Gasteiger partial charge < -0.3 is 0 Å². The van der Waals surface area contributed by atoms with Crippen LogP contribution in [0.3, 0.4) is 0 Å². The maximum absolute atomic E-state index is 5.75. The largest absolute Gasteiger partial charge is 0.278 e. The molecule has 0 radical (unpaired) electrons. The Balaban J connectivity index is 0. The molecule has 0 fully saturated rings. The first kappa shape index (κ1) is 38.5. The number of hydrazone groups is 3. The summed E-state index contributed by atoms with van der Waals surface area (Å²) in [5, 5.41) is 17.3. The van der Waals surface area contributed by atoms with Crippen LogP contribution in [0.2, 0.25) is 0 Å². The number of hydrogen-bond donors (Lipinski definition) is 1. The molecule has 0 aliphatic carbocycles. The fourth-order valence-corrected chi connectivity index (χ4v) is 4.32. The predicted molar refractivity (Wildman–Crippen MR) is 214 cm³/mol. The molecule has 2 heterocycles. The van der Waals surface area contributed by atoms with Crippen molar-refractivity contribution in [1.29, 1.82) is 0 Å². The number of hydrogen-bond acceptors (Lipinski definition) is 6. The second-order valence-electron chi connectivity index (χ2n) is 10.7. The van der Waals surface area contributed by atoms with Crippen molar-refractivity contribution < 1.29 is 4.11 Å². The fraction of sp³-hybridized carbons (Fsp3) is 0.410. The van der Waals surface area contributed by atoms with Crippen LogP contribution in [0.4, 0.5) is 17.1 Å². The van der Waals surface area contributed by atoms with Crippen molar-refractivity contribution in [3.05, 3.63) is 103 Å². The van der Waals surface area contributed by atoms with E-state index in [1.165, 1.54) is 45.0 Å². The molecule has 254 valence electrons. The molecule has 0 saturated heterocycles. The molecule has 2 aliphatic rings. The SMILES string of the molecule is C/C=C/C.CC(Br)=NNc1ccccc1.CC1=NN(c2ccccc2)C(C)C1C.CC1=NN(c2ccccc2)C(C)C1C.[2H]C.[2H]C.[2H]C. The standard InChI is InChI=1S/2C12H16N2.C8H9BrN2.C4H8.3CH4/c2*1-9-10(2)13-14(11(9)3)12-7-5-4-6-8-12;1-7(9)10-11-8-5-3-2-4-6-8;1-3-4-2;;;/h2*4-9,11H,1-3H3;2-6,11H,1H3;3-4H,1-2H3;3*1H4/b;;;4-3+;;;/i;;;;3*1D. The highest BCUT2D eigenvalue weighted by Crippen LogP contribution is 2.28. The van der Waals surface area contributed by atoms with Gasteiger partial charge in [-0.15, -0.1) is 0 Å². The van der Waals surface area contributed by atoms with Crippen molar-refractivity contribution in [3.63, 3.8) is 0 Å². The third-order valence-corrected chi connectivity index (χ3v) is 7.73. The minimum absolute atomic E-state index is 0.470. The van der Waals surface area contributed by atoms with Crippen LogP contribution in [0.15, 0.2) is 118 Å². The van der Waals surface area contributed by atoms with Gasteiger partial charge in [-0.3, -0.25) is 15.4 Å². The van der Waals surface area contributed by atoms with Crippen molar-refractivity contribution in [2.24, 2.45) is 27.1 Å². The van der Waals surface area contributed by atoms with E-state index in [0.717, 1.165) is 10.3 Å². The third kappa shape index (κ3) is 14.2. The summed E-state index contributed by atoms with van der Waals surface area (Å²) < 4.78 is 18.1. The van der Waals surface area contributed by atoms with E-state index in [1.807, 2.05) is 75.4 Å². The molecule has 7 heteroatoms. The molecule has 0 bridgehead atoms. The van der Waals surface area contributed by atoms with E-state index >= 15 is 0 Å². The zero-order chi connectivity index (χ0) is 37.8. The van der Waals surface area contributed by atoms with Gasteiger partial charge in [-0.2, -0.15) is 15.3 Å². The molecule has 4 atom stereocenters. The van der Waals surface area contributed by atoms with E-state index in [9.17, 15) is 0 Å². The van der Waals surface area contributed by atoms with Gasteiger partial charge in [-0.05, 0) is 101 Å². The number of allylic oxidation sites excluding steroid dienone is 2. The maximum Gasteiger partial charge on any atom is 0.100 e. The number of rotatable bonds is 4. The van der Waals surface area contributed by atoms with Gasteiger partial charge in [0, 0.05) is 27.4 Å². The molecule has 1 N–H and O–H groups in total. The molecule has 0 aromatic heterocycles. The summed E-state index contributed by atoms with van der Waals surface area (Å²) in [7, 11) is 3.75. The van der Waals surface area contributed by atoms with E-state index < -0.39 is 0 Å². The Morgan fingerprint density at radius 2 is 1.02 bits per heavy atom. The second-order valence-corrected chi connectivity index (χ2v) is 11.8. The molecular formula is C39H61BrN6. The fourth-order valence-electron chi connectivity index (χ4n) is 4.23. The van der Waals surface area contributed by atoms with Crippen LogP contribution in [-0.2, 0) is 0 Å². The average molecular weight is 697 g/mol. The Morgan fingerprint density at radius 3 is 1.28 bits per heavy atom. The minimum Gasteiger partial charge on any atom is -0.278 e. The van der Waals surface area contributed by atoms with Crippen LogP contribution < -0.4 is 15.4 Å².